The Morgan fingerprint density at radius 3 is 2.72 bits per heavy atom. The molecule has 0 amide bonds. The third kappa shape index (κ3) is 2.99. The predicted molar refractivity (Wildman–Crippen MR) is 64.0 cm³/mol. The Labute approximate surface area is 106 Å². The third-order valence-electron chi connectivity index (χ3n) is 2.49. The standard InChI is InChI=1S/C13H15NO4/c1-3-18-13(16)6-9-4-5-12(17-2)11(8-15)10(9)7-14/h4-5,15H,3,6,8H2,1-2H3. The van der Waals surface area contributed by atoms with E-state index in [4.69, 9.17) is 14.7 Å². The van der Waals surface area contributed by atoms with E-state index < -0.39 is 5.97 Å². The highest BCUT2D eigenvalue weighted by Crippen LogP contribution is 2.25. The van der Waals surface area contributed by atoms with Gasteiger partial charge in [0.05, 0.1) is 38.4 Å². The maximum absolute atomic E-state index is 11.4. The lowest BCUT2D eigenvalue weighted by Gasteiger charge is -2.11. The summed E-state index contributed by atoms with van der Waals surface area (Å²) >= 11 is 0. The highest BCUT2D eigenvalue weighted by Gasteiger charge is 2.15. The summed E-state index contributed by atoms with van der Waals surface area (Å²) in [7, 11) is 1.46. The van der Waals surface area contributed by atoms with Crippen molar-refractivity contribution in [3.05, 3.63) is 28.8 Å². The minimum absolute atomic E-state index is 0.00767. The predicted octanol–water partition coefficient (Wildman–Crippen LogP) is 1.16. The van der Waals surface area contributed by atoms with Gasteiger partial charge in [0.15, 0.2) is 0 Å². The molecular formula is C13H15NO4. The molecule has 0 atom stereocenters. The van der Waals surface area contributed by atoms with Crippen LogP contribution in [-0.4, -0.2) is 24.8 Å². The Balaban J connectivity index is 3.14. The van der Waals surface area contributed by atoms with Crippen molar-refractivity contribution < 1.29 is 19.4 Å². The van der Waals surface area contributed by atoms with Gasteiger partial charge in [0.1, 0.15) is 5.75 Å². The number of ether oxygens (including phenoxy) is 2. The van der Waals surface area contributed by atoms with Crippen LogP contribution in [0.2, 0.25) is 0 Å². The Morgan fingerprint density at radius 2 is 2.22 bits per heavy atom. The van der Waals surface area contributed by atoms with Crippen molar-refractivity contribution in [1.29, 1.82) is 5.26 Å². The van der Waals surface area contributed by atoms with Crippen LogP contribution < -0.4 is 4.74 Å². The minimum Gasteiger partial charge on any atom is -0.496 e. The van der Waals surface area contributed by atoms with Crippen LogP contribution in [0.5, 0.6) is 5.75 Å². The van der Waals surface area contributed by atoms with Gasteiger partial charge in [-0.25, -0.2) is 0 Å². The van der Waals surface area contributed by atoms with Gasteiger partial charge in [-0.3, -0.25) is 4.79 Å². The second-order valence-corrected chi connectivity index (χ2v) is 3.53. The Morgan fingerprint density at radius 1 is 1.50 bits per heavy atom. The summed E-state index contributed by atoms with van der Waals surface area (Å²) in [5.74, 6) is 0.0321. The molecule has 18 heavy (non-hydrogen) atoms. The van der Waals surface area contributed by atoms with Crippen LogP contribution in [0.4, 0.5) is 0 Å². The lowest BCUT2D eigenvalue weighted by Crippen LogP contribution is -2.10. The molecule has 0 saturated heterocycles. The second kappa shape index (κ2) is 6.62. The topological polar surface area (TPSA) is 79.6 Å². The van der Waals surface area contributed by atoms with Crippen LogP contribution in [0.25, 0.3) is 0 Å². The van der Waals surface area contributed by atoms with Crippen LogP contribution in [0, 0.1) is 11.3 Å². The van der Waals surface area contributed by atoms with Crippen molar-refractivity contribution in [2.75, 3.05) is 13.7 Å². The van der Waals surface area contributed by atoms with Gasteiger partial charge in [0.25, 0.3) is 0 Å². The number of aliphatic hydroxyl groups is 1. The molecule has 1 aromatic carbocycles. The summed E-state index contributed by atoms with van der Waals surface area (Å²) in [5, 5.41) is 18.4. The summed E-state index contributed by atoms with van der Waals surface area (Å²) in [6, 6.07) is 5.25. The Kier molecular flexibility index (Phi) is 5.15. The normalized spacial score (nSPS) is 9.67. The van der Waals surface area contributed by atoms with Crippen LogP contribution in [0.1, 0.15) is 23.6 Å². The summed E-state index contributed by atoms with van der Waals surface area (Å²) < 4.78 is 9.89. The monoisotopic (exact) mass is 249 g/mol. The van der Waals surface area contributed by atoms with Crippen LogP contribution in [0.3, 0.4) is 0 Å². The van der Waals surface area contributed by atoms with E-state index in [0.29, 0.717) is 23.5 Å². The first kappa shape index (κ1) is 14.0. The first-order valence-electron chi connectivity index (χ1n) is 5.53. The molecule has 0 saturated carbocycles. The van der Waals surface area contributed by atoms with Crippen molar-refractivity contribution in [1.82, 2.24) is 0 Å². The molecule has 0 aromatic heterocycles. The number of esters is 1. The smallest absolute Gasteiger partial charge is 0.310 e. The number of carbonyl (C=O) groups excluding carboxylic acids is 1. The van der Waals surface area contributed by atoms with Gasteiger partial charge in [-0.2, -0.15) is 5.26 Å². The lowest BCUT2D eigenvalue weighted by molar-refractivity contribution is -0.142. The number of nitriles is 1. The summed E-state index contributed by atoms with van der Waals surface area (Å²) in [5.41, 5.74) is 1.19. The van der Waals surface area contributed by atoms with Gasteiger partial charge in [0, 0.05) is 5.56 Å². The molecule has 1 aromatic rings. The third-order valence-corrected chi connectivity index (χ3v) is 2.49. The number of hydrogen-bond acceptors (Lipinski definition) is 5. The Bertz CT molecular complexity index is 477. The molecule has 0 bridgehead atoms. The van der Waals surface area contributed by atoms with E-state index in [-0.39, 0.29) is 18.6 Å². The minimum atomic E-state index is -0.400. The summed E-state index contributed by atoms with van der Waals surface area (Å²) in [4.78, 5) is 11.4. The average molecular weight is 249 g/mol. The SMILES string of the molecule is CCOC(=O)Cc1ccc(OC)c(CO)c1C#N. The zero-order chi connectivity index (χ0) is 13.5. The van der Waals surface area contributed by atoms with Gasteiger partial charge in [-0.15, -0.1) is 0 Å². The number of aliphatic hydroxyl groups excluding tert-OH is 1. The second-order valence-electron chi connectivity index (χ2n) is 3.53. The van der Waals surface area contributed by atoms with Crippen LogP contribution in [0.15, 0.2) is 12.1 Å². The molecule has 0 unspecified atom stereocenters. The van der Waals surface area contributed by atoms with Gasteiger partial charge in [0.2, 0.25) is 0 Å². The van der Waals surface area contributed by atoms with E-state index in [0.717, 1.165) is 0 Å². The summed E-state index contributed by atoms with van der Waals surface area (Å²) in [6.07, 6.45) is 0.00767. The molecule has 0 heterocycles. The number of benzene rings is 1. The van der Waals surface area contributed by atoms with Gasteiger partial charge in [-0.1, -0.05) is 6.07 Å². The Hall–Kier alpha value is -2.06. The molecule has 0 spiro atoms. The van der Waals surface area contributed by atoms with E-state index in [1.807, 2.05) is 6.07 Å². The molecule has 5 nitrogen and oxygen atoms in total. The maximum atomic E-state index is 11.4. The number of rotatable bonds is 5. The van der Waals surface area contributed by atoms with Crippen LogP contribution in [-0.2, 0) is 22.6 Å². The number of methoxy groups -OCH3 is 1. The molecule has 0 aliphatic rings. The van der Waals surface area contributed by atoms with E-state index in [2.05, 4.69) is 0 Å². The van der Waals surface area contributed by atoms with Crippen molar-refractivity contribution >= 4 is 5.97 Å². The molecule has 96 valence electrons. The van der Waals surface area contributed by atoms with E-state index >= 15 is 0 Å². The van der Waals surface area contributed by atoms with Crippen molar-refractivity contribution in [3.63, 3.8) is 0 Å². The van der Waals surface area contributed by atoms with Crippen LogP contribution >= 0.6 is 0 Å². The largest absolute Gasteiger partial charge is 0.496 e. The van der Waals surface area contributed by atoms with Crippen molar-refractivity contribution in [2.45, 2.75) is 20.0 Å². The molecule has 1 N–H and O–H groups in total. The highest BCUT2D eigenvalue weighted by atomic mass is 16.5. The van der Waals surface area contributed by atoms with E-state index in [9.17, 15) is 9.90 Å². The number of carbonyl (C=O) groups is 1. The first-order chi connectivity index (χ1) is 8.67. The molecule has 1 rings (SSSR count). The van der Waals surface area contributed by atoms with Crippen molar-refractivity contribution in [3.8, 4) is 11.8 Å². The number of hydrogen-bond donors (Lipinski definition) is 1. The number of nitrogens with zero attached hydrogens (tertiary/aromatic N) is 1. The molecular weight excluding hydrogens is 234 g/mol. The van der Waals surface area contributed by atoms with Gasteiger partial charge < -0.3 is 14.6 Å². The zero-order valence-electron chi connectivity index (χ0n) is 10.4. The first-order valence-corrected chi connectivity index (χ1v) is 5.53. The molecule has 0 fully saturated rings. The lowest BCUT2D eigenvalue weighted by atomic mass is 9.99. The van der Waals surface area contributed by atoms with E-state index in [1.165, 1.54) is 7.11 Å². The zero-order valence-corrected chi connectivity index (χ0v) is 10.4. The average Bonchev–Trinajstić information content (AvgIpc) is 2.38. The highest BCUT2D eigenvalue weighted by molar-refractivity contribution is 5.74. The fourth-order valence-corrected chi connectivity index (χ4v) is 1.68. The maximum Gasteiger partial charge on any atom is 0.310 e. The molecule has 0 aliphatic carbocycles. The van der Waals surface area contributed by atoms with Gasteiger partial charge >= 0.3 is 5.97 Å². The fourth-order valence-electron chi connectivity index (χ4n) is 1.68. The molecule has 5 heteroatoms. The van der Waals surface area contributed by atoms with Crippen molar-refractivity contribution in [2.24, 2.45) is 0 Å². The quantitative estimate of drug-likeness (QED) is 0.792. The summed E-state index contributed by atoms with van der Waals surface area (Å²) in [6.45, 7) is 1.70. The molecule has 0 radical (unpaired) electrons. The fraction of sp³-hybridized carbons (Fsp3) is 0.385. The van der Waals surface area contributed by atoms with E-state index in [1.54, 1.807) is 19.1 Å². The molecule has 0 aliphatic heterocycles. The van der Waals surface area contributed by atoms with Gasteiger partial charge in [-0.05, 0) is 18.6 Å².